The third-order valence-corrected chi connectivity index (χ3v) is 5.35. The van der Waals surface area contributed by atoms with Crippen LogP contribution in [0.3, 0.4) is 0 Å². The summed E-state index contributed by atoms with van der Waals surface area (Å²) < 4.78 is 27.1. The predicted octanol–water partition coefficient (Wildman–Crippen LogP) is 1.93. The molecule has 0 saturated heterocycles. The molecule has 0 spiro atoms. The fraction of sp³-hybridized carbons (Fsp3) is 0.692. The molecule has 1 rings (SSSR count). The lowest BCUT2D eigenvalue weighted by molar-refractivity contribution is 0.557. The van der Waals surface area contributed by atoms with Gasteiger partial charge in [-0.05, 0) is 37.5 Å². The summed E-state index contributed by atoms with van der Waals surface area (Å²) in [6.45, 7) is 7.52. The summed E-state index contributed by atoms with van der Waals surface area (Å²) in [6, 6.07) is 1.63. The van der Waals surface area contributed by atoms with E-state index < -0.39 is 10.0 Å². The average molecular weight is 319 g/mol. The number of hydrogen-bond acceptors (Lipinski definition) is 4. The Hall–Kier alpha value is -0.500. The smallest absolute Gasteiger partial charge is 0.242 e. The second-order valence-corrected chi connectivity index (χ2v) is 7.76. The number of hydrogen-bond donors (Lipinski definition) is 3. The second-order valence-electron chi connectivity index (χ2n) is 4.65. The minimum absolute atomic E-state index is 0.0498. The molecule has 0 fully saturated rings. The first-order chi connectivity index (χ1) is 9.49. The van der Waals surface area contributed by atoms with E-state index in [9.17, 15) is 8.42 Å². The van der Waals surface area contributed by atoms with Crippen molar-refractivity contribution in [2.45, 2.75) is 44.7 Å². The molecule has 0 aliphatic heterocycles. The number of sulfonamides is 1. The highest BCUT2D eigenvalue weighted by Gasteiger charge is 2.18. The van der Waals surface area contributed by atoms with Crippen LogP contribution >= 0.6 is 11.8 Å². The molecule has 1 unspecified atom stereocenters. The lowest BCUT2D eigenvalue weighted by Crippen LogP contribution is -2.32. The Morgan fingerprint density at radius 3 is 2.80 bits per heavy atom. The summed E-state index contributed by atoms with van der Waals surface area (Å²) in [7, 11) is -3.42. The molecular formula is C13H25N3O2S2. The molecule has 0 saturated carbocycles. The summed E-state index contributed by atoms with van der Waals surface area (Å²) in [5.41, 5.74) is 0.876. The highest BCUT2D eigenvalue weighted by atomic mass is 32.2. The Bertz CT molecular complexity index is 486. The van der Waals surface area contributed by atoms with Gasteiger partial charge >= 0.3 is 0 Å². The van der Waals surface area contributed by atoms with Crippen LogP contribution in [-0.4, -0.2) is 37.5 Å². The summed E-state index contributed by atoms with van der Waals surface area (Å²) >= 11 is 1.82. The van der Waals surface area contributed by atoms with Gasteiger partial charge < -0.3 is 10.3 Å². The van der Waals surface area contributed by atoms with Crippen molar-refractivity contribution in [2.24, 2.45) is 0 Å². The van der Waals surface area contributed by atoms with Crippen molar-refractivity contribution in [3.63, 3.8) is 0 Å². The summed E-state index contributed by atoms with van der Waals surface area (Å²) in [6.07, 6.45) is 2.38. The Kier molecular flexibility index (Phi) is 7.65. The van der Waals surface area contributed by atoms with Crippen molar-refractivity contribution in [3.8, 4) is 0 Å². The van der Waals surface area contributed by atoms with Gasteiger partial charge in [-0.25, -0.2) is 13.1 Å². The Morgan fingerprint density at radius 2 is 2.15 bits per heavy atom. The maximum atomic E-state index is 12.2. The van der Waals surface area contributed by atoms with E-state index in [1.165, 1.54) is 0 Å². The minimum Gasteiger partial charge on any atom is -0.363 e. The van der Waals surface area contributed by atoms with Crippen LogP contribution in [0.25, 0.3) is 0 Å². The first-order valence-electron chi connectivity index (χ1n) is 6.97. The highest BCUT2D eigenvalue weighted by Crippen LogP contribution is 2.12. The fourth-order valence-corrected chi connectivity index (χ4v) is 3.84. The monoisotopic (exact) mass is 319 g/mol. The van der Waals surface area contributed by atoms with Crippen LogP contribution in [0.1, 0.15) is 32.9 Å². The van der Waals surface area contributed by atoms with Gasteiger partial charge in [-0.15, -0.1) is 0 Å². The van der Waals surface area contributed by atoms with Crippen LogP contribution in [-0.2, 0) is 16.6 Å². The van der Waals surface area contributed by atoms with Gasteiger partial charge in [0.15, 0.2) is 0 Å². The highest BCUT2D eigenvalue weighted by molar-refractivity contribution is 7.99. The SMILES string of the molecule is CCNCc1cc(S(=O)(=O)NC(C)CCSCC)c[nH]1. The van der Waals surface area contributed by atoms with Crippen molar-refractivity contribution in [1.29, 1.82) is 0 Å². The molecule has 3 N–H and O–H groups in total. The zero-order valence-electron chi connectivity index (χ0n) is 12.4. The molecule has 0 radical (unpaired) electrons. The number of aromatic amines is 1. The first kappa shape index (κ1) is 17.6. The molecule has 5 nitrogen and oxygen atoms in total. The standard InChI is InChI=1S/C13H25N3O2S2/c1-4-14-9-12-8-13(10-15-12)20(17,18)16-11(3)6-7-19-5-2/h8,10-11,14-16H,4-7,9H2,1-3H3. The quantitative estimate of drug-likeness (QED) is 0.576. The van der Waals surface area contributed by atoms with Gasteiger partial charge in [-0.2, -0.15) is 11.8 Å². The molecule has 1 atom stereocenters. The molecule has 0 aliphatic rings. The Balaban J connectivity index is 2.57. The van der Waals surface area contributed by atoms with Crippen LogP contribution < -0.4 is 10.0 Å². The van der Waals surface area contributed by atoms with Crippen molar-refractivity contribution in [3.05, 3.63) is 18.0 Å². The topological polar surface area (TPSA) is 74.0 Å². The molecule has 7 heteroatoms. The Morgan fingerprint density at radius 1 is 1.40 bits per heavy atom. The largest absolute Gasteiger partial charge is 0.363 e. The molecule has 0 aromatic carbocycles. The van der Waals surface area contributed by atoms with Crippen LogP contribution in [0.2, 0.25) is 0 Å². The van der Waals surface area contributed by atoms with Crippen LogP contribution in [0.15, 0.2) is 17.2 Å². The van der Waals surface area contributed by atoms with Crippen LogP contribution in [0.4, 0.5) is 0 Å². The lowest BCUT2D eigenvalue weighted by atomic mass is 10.3. The zero-order chi connectivity index (χ0) is 15.0. The molecule has 0 bridgehead atoms. The molecule has 1 aromatic rings. The van der Waals surface area contributed by atoms with E-state index in [4.69, 9.17) is 0 Å². The first-order valence-corrected chi connectivity index (χ1v) is 9.61. The average Bonchev–Trinajstić information content (AvgIpc) is 2.85. The second kappa shape index (κ2) is 8.71. The molecule has 116 valence electrons. The molecular weight excluding hydrogens is 294 g/mol. The normalized spacial score (nSPS) is 13.6. The van der Waals surface area contributed by atoms with Crippen LogP contribution in [0.5, 0.6) is 0 Å². The van der Waals surface area contributed by atoms with E-state index in [2.05, 4.69) is 21.9 Å². The molecule has 1 heterocycles. The fourth-order valence-electron chi connectivity index (χ4n) is 1.73. The van der Waals surface area contributed by atoms with Crippen molar-refractivity contribution < 1.29 is 8.42 Å². The van der Waals surface area contributed by atoms with E-state index in [0.29, 0.717) is 11.4 Å². The maximum absolute atomic E-state index is 12.2. The van der Waals surface area contributed by atoms with E-state index >= 15 is 0 Å². The van der Waals surface area contributed by atoms with Gasteiger partial charge in [0.05, 0.1) is 4.90 Å². The number of aromatic nitrogens is 1. The van der Waals surface area contributed by atoms with Crippen molar-refractivity contribution >= 4 is 21.8 Å². The third kappa shape index (κ3) is 5.87. The third-order valence-electron chi connectivity index (χ3n) is 2.85. The lowest BCUT2D eigenvalue weighted by Gasteiger charge is -2.12. The number of thioether (sulfide) groups is 1. The number of rotatable bonds is 10. The number of nitrogens with one attached hydrogen (secondary N) is 3. The van der Waals surface area contributed by atoms with E-state index in [1.54, 1.807) is 12.3 Å². The maximum Gasteiger partial charge on any atom is 0.242 e. The molecule has 1 aromatic heterocycles. The van der Waals surface area contributed by atoms with Gasteiger partial charge in [0.2, 0.25) is 10.0 Å². The molecule has 20 heavy (non-hydrogen) atoms. The zero-order valence-corrected chi connectivity index (χ0v) is 14.0. The summed E-state index contributed by atoms with van der Waals surface area (Å²) in [5.74, 6) is 2.03. The Labute approximate surface area is 126 Å². The molecule has 0 amide bonds. The predicted molar refractivity (Wildman–Crippen MR) is 85.6 cm³/mol. The van der Waals surface area contributed by atoms with Gasteiger partial charge in [0.1, 0.15) is 0 Å². The van der Waals surface area contributed by atoms with Crippen molar-refractivity contribution in [1.82, 2.24) is 15.0 Å². The van der Waals surface area contributed by atoms with Crippen LogP contribution in [0, 0.1) is 0 Å². The van der Waals surface area contributed by atoms with Gasteiger partial charge in [-0.1, -0.05) is 13.8 Å². The van der Waals surface area contributed by atoms with Crippen molar-refractivity contribution in [2.75, 3.05) is 18.1 Å². The van der Waals surface area contributed by atoms with E-state index in [0.717, 1.165) is 30.2 Å². The van der Waals surface area contributed by atoms with E-state index in [-0.39, 0.29) is 6.04 Å². The summed E-state index contributed by atoms with van der Waals surface area (Å²) in [4.78, 5) is 3.29. The van der Waals surface area contributed by atoms with E-state index in [1.807, 2.05) is 25.6 Å². The minimum atomic E-state index is -3.42. The van der Waals surface area contributed by atoms with Gasteiger partial charge in [-0.3, -0.25) is 0 Å². The van der Waals surface area contributed by atoms with Gasteiger partial charge in [0, 0.05) is 24.5 Å². The number of H-pyrrole nitrogens is 1. The molecule has 0 aliphatic carbocycles. The van der Waals surface area contributed by atoms with Gasteiger partial charge in [0.25, 0.3) is 0 Å². The summed E-state index contributed by atoms with van der Waals surface area (Å²) in [5, 5.41) is 3.16.